The summed E-state index contributed by atoms with van der Waals surface area (Å²) >= 11 is 0. The molecule has 78 valence electrons. The summed E-state index contributed by atoms with van der Waals surface area (Å²) in [5, 5.41) is 8.51. The average Bonchev–Trinajstić information content (AvgIpc) is 2.75. The third-order valence-corrected chi connectivity index (χ3v) is 2.30. The van der Waals surface area contributed by atoms with Crippen molar-refractivity contribution in [1.29, 1.82) is 0 Å². The molecule has 0 bridgehead atoms. The fourth-order valence-corrected chi connectivity index (χ4v) is 1.62. The molecule has 16 heavy (non-hydrogen) atoms. The molecule has 3 rings (SSSR count). The molecule has 0 radical (unpaired) electrons. The Kier molecular flexibility index (Phi) is 1.83. The normalized spacial score (nSPS) is 10.8. The number of anilines is 1. The molecule has 0 saturated carbocycles. The Morgan fingerprint density at radius 1 is 1.06 bits per heavy atom. The molecule has 1 aromatic carbocycles. The Hall–Kier alpha value is -2.43. The third-order valence-electron chi connectivity index (χ3n) is 2.30. The van der Waals surface area contributed by atoms with Gasteiger partial charge in [0, 0.05) is 11.6 Å². The van der Waals surface area contributed by atoms with Crippen molar-refractivity contribution in [3.05, 3.63) is 36.5 Å². The lowest BCUT2D eigenvalue weighted by Gasteiger charge is -2.00. The number of rotatable bonds is 1. The second-order valence-corrected chi connectivity index (χ2v) is 3.33. The van der Waals surface area contributed by atoms with E-state index in [1.165, 1.54) is 0 Å². The van der Waals surface area contributed by atoms with Gasteiger partial charge >= 0.3 is 6.01 Å². The van der Waals surface area contributed by atoms with Gasteiger partial charge in [-0.25, -0.2) is 0 Å². The quantitative estimate of drug-likeness (QED) is 0.666. The Labute approximate surface area is 90.9 Å². The highest BCUT2D eigenvalue weighted by molar-refractivity contribution is 5.91. The van der Waals surface area contributed by atoms with Crippen LogP contribution in [-0.2, 0) is 0 Å². The number of nitrogen functional groups attached to an aromatic ring is 1. The van der Waals surface area contributed by atoms with E-state index < -0.39 is 0 Å². The second kappa shape index (κ2) is 3.30. The molecule has 2 heterocycles. The van der Waals surface area contributed by atoms with Crippen LogP contribution in [0.2, 0.25) is 0 Å². The van der Waals surface area contributed by atoms with Crippen LogP contribution >= 0.6 is 0 Å². The van der Waals surface area contributed by atoms with E-state index in [9.17, 15) is 0 Å². The van der Waals surface area contributed by atoms with Gasteiger partial charge in [-0.15, -0.1) is 5.10 Å². The standard InChI is InChI=1S/C11H8N4O/c12-11-15-14-10(16-11)8-5-1-3-7-4-2-6-13-9(7)8/h1-6H,(H2,12,15). The highest BCUT2D eigenvalue weighted by Crippen LogP contribution is 2.25. The molecule has 2 aromatic heterocycles. The fraction of sp³-hybridized carbons (Fsp3) is 0. The molecule has 5 heteroatoms. The first-order valence-electron chi connectivity index (χ1n) is 4.78. The van der Waals surface area contributed by atoms with E-state index in [0.29, 0.717) is 5.89 Å². The smallest absolute Gasteiger partial charge is 0.313 e. The molecule has 2 N–H and O–H groups in total. The van der Waals surface area contributed by atoms with Crippen molar-refractivity contribution >= 4 is 16.9 Å². The maximum atomic E-state index is 5.40. The van der Waals surface area contributed by atoms with Gasteiger partial charge in [0.1, 0.15) is 0 Å². The maximum Gasteiger partial charge on any atom is 0.313 e. The largest absolute Gasteiger partial charge is 0.403 e. The van der Waals surface area contributed by atoms with Crippen LogP contribution in [0.5, 0.6) is 0 Å². The van der Waals surface area contributed by atoms with Gasteiger partial charge in [0.15, 0.2) is 0 Å². The average molecular weight is 212 g/mol. The number of pyridine rings is 1. The van der Waals surface area contributed by atoms with Crippen molar-refractivity contribution in [3.63, 3.8) is 0 Å². The number of benzene rings is 1. The lowest BCUT2D eigenvalue weighted by molar-refractivity contribution is 0.591. The second-order valence-electron chi connectivity index (χ2n) is 3.33. The number of hydrogen-bond acceptors (Lipinski definition) is 5. The van der Waals surface area contributed by atoms with Gasteiger partial charge in [-0.3, -0.25) is 4.98 Å². The van der Waals surface area contributed by atoms with Crippen molar-refractivity contribution < 1.29 is 4.42 Å². The molecule has 3 aromatic rings. The Morgan fingerprint density at radius 3 is 2.75 bits per heavy atom. The summed E-state index contributed by atoms with van der Waals surface area (Å²) in [5.74, 6) is 0.391. The molecule has 5 nitrogen and oxygen atoms in total. The lowest BCUT2D eigenvalue weighted by Crippen LogP contribution is -1.84. The van der Waals surface area contributed by atoms with Crippen molar-refractivity contribution in [1.82, 2.24) is 15.2 Å². The summed E-state index contributed by atoms with van der Waals surface area (Å²) in [6.45, 7) is 0. The predicted molar refractivity (Wildman–Crippen MR) is 59.4 cm³/mol. The van der Waals surface area contributed by atoms with Crippen molar-refractivity contribution in [2.24, 2.45) is 0 Å². The Bertz CT molecular complexity index is 642. The zero-order valence-electron chi connectivity index (χ0n) is 8.29. The van der Waals surface area contributed by atoms with E-state index >= 15 is 0 Å². The van der Waals surface area contributed by atoms with Crippen LogP contribution in [0.15, 0.2) is 40.9 Å². The molecule has 0 unspecified atom stereocenters. The van der Waals surface area contributed by atoms with Crippen molar-refractivity contribution in [2.75, 3.05) is 5.73 Å². The molecule has 0 aliphatic carbocycles. The first-order chi connectivity index (χ1) is 7.84. The SMILES string of the molecule is Nc1nnc(-c2cccc3cccnc23)o1. The van der Waals surface area contributed by atoms with Crippen LogP contribution in [0.25, 0.3) is 22.4 Å². The Morgan fingerprint density at radius 2 is 1.94 bits per heavy atom. The summed E-state index contributed by atoms with van der Waals surface area (Å²) in [4.78, 5) is 4.30. The molecule has 0 spiro atoms. The van der Waals surface area contributed by atoms with Gasteiger partial charge in [0.25, 0.3) is 5.89 Å². The number of hydrogen-bond donors (Lipinski definition) is 1. The van der Waals surface area contributed by atoms with Gasteiger partial charge in [0.05, 0.1) is 11.1 Å². The number of nitrogens with zero attached hydrogens (tertiary/aromatic N) is 3. The summed E-state index contributed by atoms with van der Waals surface area (Å²) in [7, 11) is 0. The van der Waals surface area contributed by atoms with Gasteiger partial charge in [0.2, 0.25) is 0 Å². The van der Waals surface area contributed by atoms with Crippen LogP contribution in [0, 0.1) is 0 Å². The summed E-state index contributed by atoms with van der Waals surface area (Å²) < 4.78 is 5.19. The molecule has 0 amide bonds. The minimum absolute atomic E-state index is 0.0583. The third kappa shape index (κ3) is 1.30. The molecule has 0 aliphatic rings. The summed E-state index contributed by atoms with van der Waals surface area (Å²) in [6, 6.07) is 9.69. The zero-order chi connectivity index (χ0) is 11.0. The topological polar surface area (TPSA) is 77.8 Å². The molecule has 0 atom stereocenters. The predicted octanol–water partition coefficient (Wildman–Crippen LogP) is 1.87. The number of para-hydroxylation sites is 1. The van der Waals surface area contributed by atoms with E-state index in [1.807, 2.05) is 30.3 Å². The van der Waals surface area contributed by atoms with E-state index in [2.05, 4.69) is 15.2 Å². The van der Waals surface area contributed by atoms with Gasteiger partial charge < -0.3 is 10.2 Å². The molecular weight excluding hydrogens is 204 g/mol. The highest BCUT2D eigenvalue weighted by atomic mass is 16.4. The number of aromatic nitrogens is 3. The monoisotopic (exact) mass is 212 g/mol. The van der Waals surface area contributed by atoms with Crippen molar-refractivity contribution in [3.8, 4) is 11.5 Å². The van der Waals surface area contributed by atoms with Gasteiger partial charge in [-0.1, -0.05) is 23.3 Å². The van der Waals surface area contributed by atoms with E-state index in [1.54, 1.807) is 6.20 Å². The van der Waals surface area contributed by atoms with Crippen LogP contribution in [0.4, 0.5) is 6.01 Å². The van der Waals surface area contributed by atoms with Crippen LogP contribution in [0.1, 0.15) is 0 Å². The van der Waals surface area contributed by atoms with E-state index in [0.717, 1.165) is 16.5 Å². The van der Waals surface area contributed by atoms with Crippen LogP contribution < -0.4 is 5.73 Å². The highest BCUT2D eigenvalue weighted by Gasteiger charge is 2.10. The van der Waals surface area contributed by atoms with Gasteiger partial charge in [-0.2, -0.15) is 0 Å². The maximum absolute atomic E-state index is 5.40. The number of fused-ring (bicyclic) bond motifs is 1. The fourth-order valence-electron chi connectivity index (χ4n) is 1.62. The van der Waals surface area contributed by atoms with E-state index in [-0.39, 0.29) is 6.01 Å². The zero-order valence-corrected chi connectivity index (χ0v) is 8.29. The first kappa shape index (κ1) is 8.84. The molecule has 0 aliphatic heterocycles. The van der Waals surface area contributed by atoms with E-state index in [4.69, 9.17) is 10.2 Å². The molecule has 0 saturated heterocycles. The molecular formula is C11H8N4O. The minimum Gasteiger partial charge on any atom is -0.403 e. The minimum atomic E-state index is 0.0583. The van der Waals surface area contributed by atoms with Gasteiger partial charge in [-0.05, 0) is 12.1 Å². The lowest BCUT2D eigenvalue weighted by atomic mass is 10.1. The first-order valence-corrected chi connectivity index (χ1v) is 4.78. The summed E-state index contributed by atoms with van der Waals surface area (Å²) in [6.07, 6.45) is 1.73. The molecule has 0 fully saturated rings. The van der Waals surface area contributed by atoms with Crippen LogP contribution in [-0.4, -0.2) is 15.2 Å². The van der Waals surface area contributed by atoms with Crippen LogP contribution in [0.3, 0.4) is 0 Å². The van der Waals surface area contributed by atoms with Crippen molar-refractivity contribution in [2.45, 2.75) is 0 Å². The number of nitrogens with two attached hydrogens (primary N) is 1. The summed E-state index contributed by atoms with van der Waals surface area (Å²) in [5.41, 5.74) is 7.02. The Balaban J connectivity index is 2.31.